The van der Waals surface area contributed by atoms with Crippen molar-refractivity contribution < 1.29 is 9.13 Å². The highest BCUT2D eigenvalue weighted by Crippen LogP contribution is 2.30. The van der Waals surface area contributed by atoms with Gasteiger partial charge in [0.05, 0.1) is 9.50 Å². The summed E-state index contributed by atoms with van der Waals surface area (Å²) in [6, 6.07) is 10.7. The van der Waals surface area contributed by atoms with E-state index in [0.29, 0.717) is 17.9 Å². The van der Waals surface area contributed by atoms with Gasteiger partial charge < -0.3 is 10.1 Å². The molecule has 0 aromatic heterocycles. The maximum atomic E-state index is 13.8. The number of ether oxygens (including phenoxy) is 1. The third-order valence-electron chi connectivity index (χ3n) is 2.82. The van der Waals surface area contributed by atoms with Gasteiger partial charge in [0.1, 0.15) is 18.2 Å². The summed E-state index contributed by atoms with van der Waals surface area (Å²) in [4.78, 5) is 0. The fourth-order valence-electron chi connectivity index (χ4n) is 1.85. The molecule has 0 saturated heterocycles. The number of hydrogen-bond donors (Lipinski definition) is 1. The molecule has 5 heteroatoms. The zero-order chi connectivity index (χ0) is 14.5. The van der Waals surface area contributed by atoms with Gasteiger partial charge in [-0.15, -0.1) is 0 Å². The summed E-state index contributed by atoms with van der Waals surface area (Å²) in [7, 11) is 1.86. The van der Waals surface area contributed by atoms with Gasteiger partial charge in [-0.25, -0.2) is 4.39 Å². The molecule has 2 aromatic carbocycles. The number of hydrogen-bond acceptors (Lipinski definition) is 2. The number of nitrogens with one attached hydrogen (secondary N) is 1. The minimum absolute atomic E-state index is 0.105. The predicted molar refractivity (Wildman–Crippen MR) is 82.6 cm³/mol. The predicted octanol–water partition coefficient (Wildman–Crippen LogP) is 4.54. The Bertz CT molecular complexity index is 606. The first-order chi connectivity index (χ1) is 9.63. The fourth-order valence-corrected chi connectivity index (χ4v) is 2.57. The van der Waals surface area contributed by atoms with Gasteiger partial charge in [-0.1, -0.05) is 35.9 Å². The average molecular weight is 359 g/mol. The molecule has 0 saturated carbocycles. The monoisotopic (exact) mass is 357 g/mol. The summed E-state index contributed by atoms with van der Waals surface area (Å²) < 4.78 is 20.4. The van der Waals surface area contributed by atoms with Gasteiger partial charge in [0, 0.05) is 17.7 Å². The lowest BCUT2D eigenvalue weighted by Gasteiger charge is -2.14. The van der Waals surface area contributed by atoms with E-state index in [-0.39, 0.29) is 11.6 Å². The molecule has 0 unspecified atom stereocenters. The maximum absolute atomic E-state index is 13.8. The summed E-state index contributed by atoms with van der Waals surface area (Å²) in [5.41, 5.74) is 1.44. The molecule has 0 bridgehead atoms. The Labute approximate surface area is 131 Å². The van der Waals surface area contributed by atoms with Crippen molar-refractivity contribution in [1.82, 2.24) is 5.32 Å². The Morgan fingerprint density at radius 1 is 1.20 bits per heavy atom. The number of benzene rings is 2. The van der Waals surface area contributed by atoms with Crippen molar-refractivity contribution in [3.8, 4) is 5.75 Å². The Hall–Kier alpha value is -1.10. The molecule has 106 valence electrons. The second kappa shape index (κ2) is 7.07. The molecule has 2 nitrogen and oxygen atoms in total. The van der Waals surface area contributed by atoms with Crippen LogP contribution in [0.2, 0.25) is 5.02 Å². The van der Waals surface area contributed by atoms with Crippen molar-refractivity contribution in [2.75, 3.05) is 7.05 Å². The smallest absolute Gasteiger partial charge is 0.148 e. The normalized spacial score (nSPS) is 10.6. The third-order valence-corrected chi connectivity index (χ3v) is 3.74. The zero-order valence-corrected chi connectivity index (χ0v) is 13.3. The minimum Gasteiger partial charge on any atom is -0.487 e. The lowest BCUT2D eigenvalue weighted by atomic mass is 10.2. The van der Waals surface area contributed by atoms with Crippen LogP contribution < -0.4 is 10.1 Å². The van der Waals surface area contributed by atoms with E-state index in [1.54, 1.807) is 12.1 Å². The van der Waals surface area contributed by atoms with Crippen LogP contribution >= 0.6 is 27.5 Å². The molecular formula is C15H14BrClFNO. The first kappa shape index (κ1) is 15.3. The molecule has 2 aromatic rings. The first-order valence-electron chi connectivity index (χ1n) is 6.11. The molecule has 20 heavy (non-hydrogen) atoms. The highest BCUT2D eigenvalue weighted by atomic mass is 79.9. The molecule has 0 aliphatic heterocycles. The van der Waals surface area contributed by atoms with Gasteiger partial charge in [-0.3, -0.25) is 0 Å². The van der Waals surface area contributed by atoms with Crippen molar-refractivity contribution in [2.24, 2.45) is 0 Å². The largest absolute Gasteiger partial charge is 0.487 e. The SMILES string of the molecule is CNCc1cccc(Br)c1OCc1cccc(Cl)c1F. The maximum Gasteiger partial charge on any atom is 0.148 e. The average Bonchev–Trinajstić information content (AvgIpc) is 2.43. The number of rotatable bonds is 5. The van der Waals surface area contributed by atoms with Crippen LogP contribution in [-0.2, 0) is 13.2 Å². The van der Waals surface area contributed by atoms with Crippen molar-refractivity contribution in [2.45, 2.75) is 13.2 Å². The lowest BCUT2D eigenvalue weighted by molar-refractivity contribution is 0.294. The summed E-state index contributed by atoms with van der Waals surface area (Å²) in [5, 5.41) is 3.18. The molecular weight excluding hydrogens is 345 g/mol. The highest BCUT2D eigenvalue weighted by molar-refractivity contribution is 9.10. The molecule has 0 atom stereocenters. The molecule has 0 heterocycles. The molecule has 0 radical (unpaired) electrons. The molecule has 0 fully saturated rings. The van der Waals surface area contributed by atoms with Crippen LogP contribution in [0.3, 0.4) is 0 Å². The first-order valence-corrected chi connectivity index (χ1v) is 7.28. The number of halogens is 3. The van der Waals surface area contributed by atoms with Gasteiger partial charge >= 0.3 is 0 Å². The van der Waals surface area contributed by atoms with Crippen LogP contribution in [0.15, 0.2) is 40.9 Å². The second-order valence-corrected chi connectivity index (χ2v) is 5.52. The Morgan fingerprint density at radius 3 is 2.65 bits per heavy atom. The van der Waals surface area contributed by atoms with Crippen molar-refractivity contribution >= 4 is 27.5 Å². The van der Waals surface area contributed by atoms with E-state index in [4.69, 9.17) is 16.3 Å². The molecule has 0 aliphatic rings. The van der Waals surface area contributed by atoms with Crippen molar-refractivity contribution in [3.05, 3.63) is 62.8 Å². The molecule has 2 rings (SSSR count). The topological polar surface area (TPSA) is 21.3 Å². The van der Waals surface area contributed by atoms with Crippen LogP contribution in [0.5, 0.6) is 5.75 Å². The molecule has 0 aliphatic carbocycles. The van der Waals surface area contributed by atoms with Gasteiger partial charge in [-0.05, 0) is 35.1 Å². The minimum atomic E-state index is -0.434. The third kappa shape index (κ3) is 3.51. The Morgan fingerprint density at radius 2 is 1.90 bits per heavy atom. The van der Waals surface area contributed by atoms with E-state index < -0.39 is 5.82 Å². The molecule has 0 amide bonds. The highest BCUT2D eigenvalue weighted by Gasteiger charge is 2.11. The molecule has 0 spiro atoms. The van der Waals surface area contributed by atoms with Gasteiger partial charge in [0.25, 0.3) is 0 Å². The van der Waals surface area contributed by atoms with Crippen LogP contribution in [0.4, 0.5) is 4.39 Å². The summed E-state index contributed by atoms with van der Waals surface area (Å²) >= 11 is 9.21. The van der Waals surface area contributed by atoms with E-state index in [0.717, 1.165) is 10.0 Å². The lowest BCUT2D eigenvalue weighted by Crippen LogP contribution is -2.08. The zero-order valence-electron chi connectivity index (χ0n) is 10.9. The van der Waals surface area contributed by atoms with Crippen molar-refractivity contribution in [3.63, 3.8) is 0 Å². The quantitative estimate of drug-likeness (QED) is 0.847. The van der Waals surface area contributed by atoms with E-state index in [1.165, 1.54) is 6.07 Å². The van der Waals surface area contributed by atoms with E-state index in [1.807, 2.05) is 25.2 Å². The summed E-state index contributed by atoms with van der Waals surface area (Å²) in [6.07, 6.45) is 0. The van der Waals surface area contributed by atoms with E-state index in [2.05, 4.69) is 21.2 Å². The van der Waals surface area contributed by atoms with Crippen molar-refractivity contribution in [1.29, 1.82) is 0 Å². The van der Waals surface area contributed by atoms with Crippen LogP contribution in [0.25, 0.3) is 0 Å². The number of para-hydroxylation sites is 1. The Balaban J connectivity index is 2.20. The van der Waals surface area contributed by atoms with Gasteiger partial charge in [0.15, 0.2) is 0 Å². The van der Waals surface area contributed by atoms with Crippen LogP contribution in [0, 0.1) is 5.82 Å². The molecule has 1 N–H and O–H groups in total. The van der Waals surface area contributed by atoms with Gasteiger partial charge in [0.2, 0.25) is 0 Å². The Kier molecular flexibility index (Phi) is 5.40. The van der Waals surface area contributed by atoms with Gasteiger partial charge in [-0.2, -0.15) is 0 Å². The standard InChI is InChI=1S/C15H14BrClFNO/c1-19-8-10-4-2-6-12(16)15(10)20-9-11-5-3-7-13(17)14(11)18/h2-7,19H,8-9H2,1H3. The van der Waals surface area contributed by atoms with Crippen LogP contribution in [-0.4, -0.2) is 7.05 Å². The summed E-state index contributed by atoms with van der Waals surface area (Å²) in [6.45, 7) is 0.804. The van der Waals surface area contributed by atoms with E-state index >= 15 is 0 Å². The van der Waals surface area contributed by atoms with Crippen LogP contribution in [0.1, 0.15) is 11.1 Å². The second-order valence-electron chi connectivity index (χ2n) is 4.26. The van der Waals surface area contributed by atoms with E-state index in [9.17, 15) is 4.39 Å². The fraction of sp³-hybridized carbons (Fsp3) is 0.200. The summed E-state index contributed by atoms with van der Waals surface area (Å²) in [5.74, 6) is 0.276.